The van der Waals surface area contributed by atoms with Gasteiger partial charge in [0.1, 0.15) is 11.2 Å². The third-order valence-corrected chi connectivity index (χ3v) is 5.57. The second-order valence-electron chi connectivity index (χ2n) is 7.01. The molecule has 2 aliphatic rings. The van der Waals surface area contributed by atoms with E-state index in [0.717, 1.165) is 15.9 Å². The van der Waals surface area contributed by atoms with Gasteiger partial charge in [-0.25, -0.2) is 9.18 Å². The molecule has 1 saturated carbocycles. The highest BCUT2D eigenvalue weighted by molar-refractivity contribution is 6.30. The van der Waals surface area contributed by atoms with E-state index in [9.17, 15) is 32.3 Å². The molecule has 1 aliphatic carbocycles. The molecule has 1 N–H and O–H groups in total. The number of benzene rings is 1. The van der Waals surface area contributed by atoms with Crippen LogP contribution in [0.4, 0.5) is 22.4 Å². The molecule has 2 amide bonds. The molecule has 0 spiro atoms. The standard InChI is InChI=1S/C17H17ClF4N2O3/c1-9-7-24(15(26)27)13(10-2-3-12(19)11(18)6-10)8-23(9)14(25)16(4-5-16)17(20,21)22/h2-3,6,9,13H,4-5,7-8H2,1H3,(H,26,27)/t9-,13-/m1/s1. The van der Waals surface area contributed by atoms with Gasteiger partial charge in [0.15, 0.2) is 0 Å². The fourth-order valence-corrected chi connectivity index (χ4v) is 3.68. The normalized spacial score (nSPS) is 24.7. The fourth-order valence-electron chi connectivity index (χ4n) is 3.49. The lowest BCUT2D eigenvalue weighted by Crippen LogP contribution is -2.59. The Labute approximate surface area is 157 Å². The van der Waals surface area contributed by atoms with Crippen molar-refractivity contribution in [2.24, 2.45) is 5.41 Å². The fraction of sp³-hybridized carbons (Fsp3) is 0.529. The Kier molecular flexibility index (Phi) is 4.78. The quantitative estimate of drug-likeness (QED) is 0.750. The van der Waals surface area contributed by atoms with Gasteiger partial charge in [0.25, 0.3) is 0 Å². The van der Waals surface area contributed by atoms with Gasteiger partial charge in [-0.15, -0.1) is 0 Å². The third-order valence-electron chi connectivity index (χ3n) is 5.28. The van der Waals surface area contributed by atoms with Crippen molar-refractivity contribution in [3.63, 3.8) is 0 Å². The zero-order chi connectivity index (χ0) is 20.1. The van der Waals surface area contributed by atoms with Crippen LogP contribution in [0, 0.1) is 11.2 Å². The maximum absolute atomic E-state index is 13.4. The molecule has 2 atom stereocenters. The second kappa shape index (κ2) is 6.54. The molecule has 148 valence electrons. The molecule has 1 aliphatic heterocycles. The van der Waals surface area contributed by atoms with Crippen LogP contribution in [0.5, 0.6) is 0 Å². The summed E-state index contributed by atoms with van der Waals surface area (Å²) in [5.41, 5.74) is -2.07. The van der Waals surface area contributed by atoms with Crippen LogP contribution in [0.15, 0.2) is 18.2 Å². The van der Waals surface area contributed by atoms with Gasteiger partial charge in [-0.2, -0.15) is 13.2 Å². The summed E-state index contributed by atoms with van der Waals surface area (Å²) in [6, 6.07) is 1.94. The van der Waals surface area contributed by atoms with E-state index in [0.29, 0.717) is 5.56 Å². The molecule has 27 heavy (non-hydrogen) atoms. The number of nitrogens with zero attached hydrogens (tertiary/aromatic N) is 2. The Bertz CT molecular complexity index is 782. The van der Waals surface area contributed by atoms with E-state index in [1.807, 2.05) is 0 Å². The van der Waals surface area contributed by atoms with Gasteiger partial charge in [0, 0.05) is 19.1 Å². The topological polar surface area (TPSA) is 60.9 Å². The molecule has 1 aromatic carbocycles. The van der Waals surface area contributed by atoms with Crippen molar-refractivity contribution >= 4 is 23.6 Å². The number of carbonyl (C=O) groups is 2. The first-order valence-corrected chi connectivity index (χ1v) is 8.68. The molecule has 0 bridgehead atoms. The highest BCUT2D eigenvalue weighted by Crippen LogP contribution is 2.59. The Morgan fingerprint density at radius 1 is 1.22 bits per heavy atom. The maximum Gasteiger partial charge on any atom is 0.407 e. The average molecular weight is 409 g/mol. The number of carboxylic acid groups (broad SMARTS) is 1. The number of hydrogen-bond acceptors (Lipinski definition) is 2. The van der Waals surface area contributed by atoms with Crippen molar-refractivity contribution in [3.8, 4) is 0 Å². The minimum Gasteiger partial charge on any atom is -0.465 e. The van der Waals surface area contributed by atoms with Gasteiger partial charge in [0.05, 0.1) is 11.1 Å². The number of rotatable bonds is 2. The predicted octanol–water partition coefficient (Wildman–Crippen LogP) is 4.07. The summed E-state index contributed by atoms with van der Waals surface area (Å²) in [6.45, 7) is 1.09. The van der Waals surface area contributed by atoms with Gasteiger partial charge in [-0.05, 0) is 37.5 Å². The smallest absolute Gasteiger partial charge is 0.407 e. The van der Waals surface area contributed by atoms with Crippen LogP contribution in [0.1, 0.15) is 31.4 Å². The SMILES string of the molecule is C[C@@H]1CN(C(=O)O)[C@@H](c2ccc(F)c(Cl)c2)CN1C(=O)C1(C(F)(F)F)CC1. The summed E-state index contributed by atoms with van der Waals surface area (Å²) in [7, 11) is 0. The molecule has 1 saturated heterocycles. The van der Waals surface area contributed by atoms with Crippen molar-refractivity contribution < 1.29 is 32.3 Å². The molecule has 1 heterocycles. The summed E-state index contributed by atoms with van der Waals surface area (Å²) in [5.74, 6) is -1.74. The van der Waals surface area contributed by atoms with E-state index >= 15 is 0 Å². The molecule has 3 rings (SSSR count). The van der Waals surface area contributed by atoms with E-state index in [2.05, 4.69) is 0 Å². The van der Waals surface area contributed by atoms with E-state index in [4.69, 9.17) is 11.6 Å². The molecule has 0 unspecified atom stereocenters. The monoisotopic (exact) mass is 408 g/mol. The van der Waals surface area contributed by atoms with Crippen LogP contribution in [0.3, 0.4) is 0 Å². The average Bonchev–Trinajstić information content (AvgIpc) is 3.38. The van der Waals surface area contributed by atoms with Gasteiger partial charge in [-0.1, -0.05) is 17.7 Å². The lowest BCUT2D eigenvalue weighted by atomic mass is 9.96. The first-order chi connectivity index (χ1) is 12.5. The summed E-state index contributed by atoms with van der Waals surface area (Å²) in [5, 5.41) is 9.24. The Hall–Kier alpha value is -2.03. The summed E-state index contributed by atoms with van der Waals surface area (Å²) >= 11 is 5.76. The van der Waals surface area contributed by atoms with Crippen molar-refractivity contribution in [2.45, 2.75) is 38.0 Å². The number of carbonyl (C=O) groups excluding carboxylic acids is 1. The lowest BCUT2D eigenvalue weighted by Gasteiger charge is -2.45. The largest absolute Gasteiger partial charge is 0.465 e. The van der Waals surface area contributed by atoms with Crippen LogP contribution in [0.25, 0.3) is 0 Å². The molecule has 0 aromatic heterocycles. The van der Waals surface area contributed by atoms with Crippen LogP contribution in [0.2, 0.25) is 5.02 Å². The number of piperazine rings is 1. The first-order valence-electron chi connectivity index (χ1n) is 8.30. The van der Waals surface area contributed by atoms with Crippen molar-refractivity contribution in [3.05, 3.63) is 34.6 Å². The Morgan fingerprint density at radius 3 is 2.33 bits per heavy atom. The highest BCUT2D eigenvalue weighted by atomic mass is 35.5. The van der Waals surface area contributed by atoms with Crippen LogP contribution in [-0.4, -0.2) is 52.2 Å². The van der Waals surface area contributed by atoms with Crippen LogP contribution >= 0.6 is 11.6 Å². The third kappa shape index (κ3) is 3.33. The van der Waals surface area contributed by atoms with Gasteiger partial charge < -0.3 is 10.0 Å². The van der Waals surface area contributed by atoms with Gasteiger partial charge >= 0.3 is 12.3 Å². The zero-order valence-electron chi connectivity index (χ0n) is 14.3. The molecular weight excluding hydrogens is 392 g/mol. The summed E-state index contributed by atoms with van der Waals surface area (Å²) in [6.07, 6.45) is -6.47. The minimum absolute atomic E-state index is 0.158. The van der Waals surface area contributed by atoms with E-state index in [-0.39, 0.29) is 31.0 Å². The van der Waals surface area contributed by atoms with Gasteiger partial charge in [0.2, 0.25) is 5.91 Å². The molecule has 10 heteroatoms. The molecule has 5 nitrogen and oxygen atoms in total. The Balaban J connectivity index is 1.93. The lowest BCUT2D eigenvalue weighted by molar-refractivity contribution is -0.201. The minimum atomic E-state index is -4.65. The van der Waals surface area contributed by atoms with Crippen LogP contribution in [-0.2, 0) is 4.79 Å². The van der Waals surface area contributed by atoms with Crippen molar-refractivity contribution in [1.82, 2.24) is 9.80 Å². The molecular formula is C17H17ClF4N2O3. The number of amides is 2. The number of halogens is 5. The first kappa shape index (κ1) is 19.7. The Morgan fingerprint density at radius 2 is 1.85 bits per heavy atom. The predicted molar refractivity (Wildman–Crippen MR) is 87.8 cm³/mol. The summed E-state index contributed by atoms with van der Waals surface area (Å²) in [4.78, 5) is 26.4. The highest BCUT2D eigenvalue weighted by Gasteiger charge is 2.70. The second-order valence-corrected chi connectivity index (χ2v) is 7.42. The van der Waals surface area contributed by atoms with Gasteiger partial charge in [-0.3, -0.25) is 9.69 Å². The van der Waals surface area contributed by atoms with Crippen molar-refractivity contribution in [1.29, 1.82) is 0 Å². The van der Waals surface area contributed by atoms with Crippen molar-refractivity contribution in [2.75, 3.05) is 13.1 Å². The van der Waals surface area contributed by atoms with E-state index in [1.54, 1.807) is 0 Å². The molecule has 0 radical (unpaired) electrons. The number of hydrogen-bond donors (Lipinski definition) is 1. The zero-order valence-corrected chi connectivity index (χ0v) is 15.0. The molecule has 1 aromatic rings. The maximum atomic E-state index is 13.4. The van der Waals surface area contributed by atoms with E-state index < -0.39 is 41.5 Å². The molecule has 2 fully saturated rings. The van der Waals surface area contributed by atoms with Crippen LogP contribution < -0.4 is 0 Å². The van der Waals surface area contributed by atoms with E-state index in [1.165, 1.54) is 19.1 Å². The number of alkyl halides is 3. The summed E-state index contributed by atoms with van der Waals surface area (Å²) < 4.78 is 53.5.